The van der Waals surface area contributed by atoms with Crippen molar-refractivity contribution < 1.29 is 0 Å². The van der Waals surface area contributed by atoms with E-state index in [9.17, 15) is 5.26 Å². The maximum absolute atomic E-state index is 9.18. The minimum atomic E-state index is 0. The Labute approximate surface area is 155 Å². The maximum Gasteiger partial charge on any atom is 0.191 e. The Morgan fingerprint density at radius 2 is 2.23 bits per heavy atom. The molecule has 2 rings (SSSR count). The van der Waals surface area contributed by atoms with Crippen LogP contribution in [0.3, 0.4) is 0 Å². The lowest BCUT2D eigenvalue weighted by atomic mass is 9.97. The van der Waals surface area contributed by atoms with Crippen LogP contribution in [0.5, 0.6) is 0 Å². The van der Waals surface area contributed by atoms with Gasteiger partial charge in [0.1, 0.15) is 0 Å². The van der Waals surface area contributed by atoms with Gasteiger partial charge < -0.3 is 15.5 Å². The molecule has 0 aromatic rings. The van der Waals surface area contributed by atoms with Gasteiger partial charge in [0.05, 0.1) is 12.0 Å². The van der Waals surface area contributed by atoms with E-state index in [2.05, 4.69) is 40.7 Å². The van der Waals surface area contributed by atoms with Crippen molar-refractivity contribution in [3.8, 4) is 6.07 Å². The molecule has 1 aliphatic heterocycles. The van der Waals surface area contributed by atoms with Crippen LogP contribution in [-0.2, 0) is 0 Å². The lowest BCUT2D eigenvalue weighted by molar-refractivity contribution is 0.182. The summed E-state index contributed by atoms with van der Waals surface area (Å²) in [5.74, 6) is 3.34. The average molecular weight is 437 g/mol. The Morgan fingerprint density at radius 1 is 1.45 bits per heavy atom. The number of thioether (sulfide) groups is 1. The maximum atomic E-state index is 9.18. The molecule has 22 heavy (non-hydrogen) atoms. The van der Waals surface area contributed by atoms with E-state index in [0.717, 1.165) is 37.5 Å². The van der Waals surface area contributed by atoms with E-state index < -0.39 is 0 Å². The summed E-state index contributed by atoms with van der Waals surface area (Å²) in [5, 5.41) is 16.1. The molecule has 0 radical (unpaired) electrons. The average Bonchev–Trinajstić information content (AvgIpc) is 3.12. The summed E-state index contributed by atoms with van der Waals surface area (Å²) in [7, 11) is 6.12. The summed E-state index contributed by atoms with van der Waals surface area (Å²) in [6, 6.07) is 2.65. The minimum Gasteiger partial charge on any atom is -0.355 e. The van der Waals surface area contributed by atoms with Gasteiger partial charge in [-0.25, -0.2) is 0 Å². The third kappa shape index (κ3) is 4.65. The van der Waals surface area contributed by atoms with Crippen LogP contribution < -0.4 is 10.6 Å². The molecule has 0 aromatic carbocycles. The first-order valence-electron chi connectivity index (χ1n) is 7.73. The SMILES string of the molecule is CN=C(NCC1(N(C)C)CCSC1)NC1CCCC1C#N.I. The molecule has 126 valence electrons. The van der Waals surface area contributed by atoms with Crippen LogP contribution in [0.2, 0.25) is 0 Å². The van der Waals surface area contributed by atoms with Crippen LogP contribution in [0.25, 0.3) is 0 Å². The highest BCUT2D eigenvalue weighted by Crippen LogP contribution is 2.31. The highest BCUT2D eigenvalue weighted by atomic mass is 127. The Bertz CT molecular complexity index is 415. The van der Waals surface area contributed by atoms with Gasteiger partial charge in [-0.1, -0.05) is 0 Å². The lowest BCUT2D eigenvalue weighted by Crippen LogP contribution is -2.55. The first-order valence-corrected chi connectivity index (χ1v) is 8.89. The fourth-order valence-electron chi connectivity index (χ4n) is 3.15. The van der Waals surface area contributed by atoms with Crippen molar-refractivity contribution in [3.63, 3.8) is 0 Å². The molecule has 0 spiro atoms. The smallest absolute Gasteiger partial charge is 0.191 e. The van der Waals surface area contributed by atoms with Gasteiger partial charge in [0.2, 0.25) is 0 Å². The van der Waals surface area contributed by atoms with Crippen LogP contribution in [0.15, 0.2) is 4.99 Å². The van der Waals surface area contributed by atoms with Gasteiger partial charge in [-0.2, -0.15) is 17.0 Å². The zero-order valence-corrected chi connectivity index (χ0v) is 16.9. The number of likely N-dealkylation sites (N-methyl/N-ethyl adjacent to an activating group) is 1. The molecule has 2 N–H and O–H groups in total. The molecule has 2 aliphatic rings. The number of nitrogens with one attached hydrogen (secondary N) is 2. The third-order valence-corrected chi connectivity index (χ3v) is 6.08. The number of rotatable bonds is 4. The van der Waals surface area contributed by atoms with Gasteiger partial charge in [-0.3, -0.25) is 4.99 Å². The fraction of sp³-hybridized carbons (Fsp3) is 0.867. The second kappa shape index (κ2) is 9.18. The molecule has 1 saturated carbocycles. The molecular weight excluding hydrogens is 409 g/mol. The highest BCUT2D eigenvalue weighted by molar-refractivity contribution is 14.0. The molecular formula is C15H28IN5S. The van der Waals surface area contributed by atoms with Crippen molar-refractivity contribution in [2.75, 3.05) is 39.2 Å². The fourth-order valence-corrected chi connectivity index (χ4v) is 4.71. The number of guanidine groups is 1. The molecule has 3 atom stereocenters. The normalized spacial score (nSPS) is 31.7. The van der Waals surface area contributed by atoms with Crippen LogP contribution in [0.4, 0.5) is 0 Å². The van der Waals surface area contributed by atoms with Crippen molar-refractivity contribution in [1.82, 2.24) is 15.5 Å². The topological polar surface area (TPSA) is 63.5 Å². The molecule has 7 heteroatoms. The quantitative estimate of drug-likeness (QED) is 0.400. The molecule has 0 bridgehead atoms. The van der Waals surface area contributed by atoms with E-state index in [-0.39, 0.29) is 41.5 Å². The van der Waals surface area contributed by atoms with E-state index >= 15 is 0 Å². The lowest BCUT2D eigenvalue weighted by Gasteiger charge is -2.36. The Morgan fingerprint density at radius 3 is 2.77 bits per heavy atom. The monoisotopic (exact) mass is 437 g/mol. The summed E-state index contributed by atoms with van der Waals surface area (Å²) in [5.41, 5.74) is 0.215. The predicted octanol–water partition coefficient (Wildman–Crippen LogP) is 1.90. The van der Waals surface area contributed by atoms with Gasteiger partial charge in [-0.15, -0.1) is 24.0 Å². The molecule has 3 unspecified atom stereocenters. The van der Waals surface area contributed by atoms with Gasteiger partial charge >= 0.3 is 0 Å². The van der Waals surface area contributed by atoms with Crippen molar-refractivity contribution >= 4 is 41.7 Å². The number of nitriles is 1. The molecule has 0 aromatic heterocycles. The molecule has 0 amide bonds. The first-order chi connectivity index (χ1) is 10.1. The summed E-state index contributed by atoms with van der Waals surface area (Å²) in [6.07, 6.45) is 4.40. The number of halogens is 1. The third-order valence-electron chi connectivity index (χ3n) is 4.84. The minimum absolute atomic E-state index is 0. The second-order valence-corrected chi connectivity index (χ2v) is 7.37. The molecule has 1 saturated heterocycles. The Hall–Kier alpha value is -0.200. The van der Waals surface area contributed by atoms with E-state index in [1.807, 2.05) is 11.8 Å². The van der Waals surface area contributed by atoms with Gasteiger partial charge in [-0.05, 0) is 45.5 Å². The van der Waals surface area contributed by atoms with E-state index in [0.29, 0.717) is 0 Å². The molecule has 1 aliphatic carbocycles. The first kappa shape index (κ1) is 19.8. The van der Waals surface area contributed by atoms with Crippen LogP contribution in [0, 0.1) is 17.2 Å². The van der Waals surface area contributed by atoms with Crippen molar-refractivity contribution in [2.24, 2.45) is 10.9 Å². The number of hydrogen-bond acceptors (Lipinski definition) is 4. The summed E-state index contributed by atoms with van der Waals surface area (Å²) < 4.78 is 0. The van der Waals surface area contributed by atoms with E-state index in [1.165, 1.54) is 12.2 Å². The Kier molecular flexibility index (Phi) is 8.28. The van der Waals surface area contributed by atoms with E-state index in [4.69, 9.17) is 0 Å². The van der Waals surface area contributed by atoms with E-state index in [1.54, 1.807) is 7.05 Å². The predicted molar refractivity (Wildman–Crippen MR) is 105 cm³/mol. The largest absolute Gasteiger partial charge is 0.355 e. The summed E-state index contributed by atoms with van der Waals surface area (Å²) in [6.45, 7) is 0.899. The molecule has 2 fully saturated rings. The zero-order valence-electron chi connectivity index (χ0n) is 13.8. The Balaban J connectivity index is 0.00000242. The molecule has 1 heterocycles. The zero-order chi connectivity index (χ0) is 15.3. The van der Waals surface area contributed by atoms with Crippen molar-refractivity contribution in [1.29, 1.82) is 5.26 Å². The number of aliphatic imine (C=N–C) groups is 1. The summed E-state index contributed by atoms with van der Waals surface area (Å²) >= 11 is 2.02. The van der Waals surface area contributed by atoms with Gasteiger partial charge in [0.25, 0.3) is 0 Å². The number of hydrogen-bond donors (Lipinski definition) is 2. The number of nitrogens with zero attached hydrogens (tertiary/aromatic N) is 3. The second-order valence-electron chi connectivity index (χ2n) is 6.26. The summed E-state index contributed by atoms with van der Waals surface area (Å²) in [4.78, 5) is 6.67. The molecule has 5 nitrogen and oxygen atoms in total. The van der Waals surface area contributed by atoms with Crippen LogP contribution in [0.1, 0.15) is 25.7 Å². The van der Waals surface area contributed by atoms with Gasteiger partial charge in [0, 0.05) is 30.9 Å². The van der Waals surface area contributed by atoms with Crippen molar-refractivity contribution in [3.05, 3.63) is 0 Å². The highest BCUT2D eigenvalue weighted by Gasteiger charge is 2.37. The standard InChI is InChI=1S/C15H27N5S.HI/c1-17-14(19-13-6-4-5-12(13)9-16)18-10-15(20(2)3)7-8-21-11-15;/h12-13H,4-8,10-11H2,1-3H3,(H2,17,18,19);1H. The van der Waals surface area contributed by atoms with Crippen molar-refractivity contribution in [2.45, 2.75) is 37.3 Å². The van der Waals surface area contributed by atoms with Crippen LogP contribution >= 0.6 is 35.7 Å². The van der Waals surface area contributed by atoms with Crippen LogP contribution in [-0.4, -0.2) is 61.6 Å². The van der Waals surface area contributed by atoms with Gasteiger partial charge in [0.15, 0.2) is 5.96 Å².